The Morgan fingerprint density at radius 2 is 2.08 bits per heavy atom. The molecular weight excluding hydrogens is 160 g/mol. The van der Waals surface area contributed by atoms with Gasteiger partial charge >= 0.3 is 0 Å². The van der Waals surface area contributed by atoms with Gasteiger partial charge in [0.2, 0.25) is 0 Å². The van der Waals surface area contributed by atoms with E-state index in [0.29, 0.717) is 5.92 Å². The van der Waals surface area contributed by atoms with Crippen LogP contribution in [0.3, 0.4) is 0 Å². The van der Waals surface area contributed by atoms with E-state index in [4.69, 9.17) is 0 Å². The highest BCUT2D eigenvalue weighted by Gasteiger charge is 2.21. The summed E-state index contributed by atoms with van der Waals surface area (Å²) >= 11 is 0. The average molecular weight is 174 g/mol. The third-order valence-corrected chi connectivity index (χ3v) is 2.81. The summed E-state index contributed by atoms with van der Waals surface area (Å²) in [6.07, 6.45) is 4.31. The first-order valence-corrected chi connectivity index (χ1v) is 4.71. The molecule has 2 rings (SSSR count). The van der Waals surface area contributed by atoms with E-state index in [-0.39, 0.29) is 12.5 Å². The zero-order chi connectivity index (χ0) is 9.26. The van der Waals surface area contributed by atoms with Gasteiger partial charge in [0.05, 0.1) is 6.61 Å². The Hall–Kier alpha value is -1.08. The van der Waals surface area contributed by atoms with Crippen LogP contribution in [0, 0.1) is 5.92 Å². The SMILES string of the molecule is C[C@H]1C=Cc2ccccc2[C@H]1CO. The molecular formula is C12H14O. The molecule has 0 saturated heterocycles. The lowest BCUT2D eigenvalue weighted by molar-refractivity contribution is 0.244. The highest BCUT2D eigenvalue weighted by molar-refractivity contribution is 5.58. The van der Waals surface area contributed by atoms with E-state index in [1.165, 1.54) is 11.1 Å². The standard InChI is InChI=1S/C12H14O/c1-9-6-7-10-4-2-3-5-11(10)12(9)8-13/h2-7,9,12-13H,8H2,1H3/t9-,12-/m0/s1. The van der Waals surface area contributed by atoms with E-state index in [0.717, 1.165) is 0 Å². The van der Waals surface area contributed by atoms with E-state index in [9.17, 15) is 5.11 Å². The van der Waals surface area contributed by atoms with Gasteiger partial charge in [-0.2, -0.15) is 0 Å². The van der Waals surface area contributed by atoms with Gasteiger partial charge < -0.3 is 5.11 Å². The van der Waals surface area contributed by atoms with Crippen LogP contribution in [0.15, 0.2) is 30.3 Å². The van der Waals surface area contributed by atoms with E-state index in [1.807, 2.05) is 12.1 Å². The number of rotatable bonds is 1. The van der Waals surface area contributed by atoms with E-state index < -0.39 is 0 Å². The summed E-state index contributed by atoms with van der Waals surface area (Å²) in [6.45, 7) is 2.38. The van der Waals surface area contributed by atoms with Gasteiger partial charge in [-0.1, -0.05) is 43.3 Å². The second-order valence-corrected chi connectivity index (χ2v) is 3.64. The maximum atomic E-state index is 9.27. The summed E-state index contributed by atoms with van der Waals surface area (Å²) in [7, 11) is 0. The summed E-state index contributed by atoms with van der Waals surface area (Å²) < 4.78 is 0. The van der Waals surface area contributed by atoms with E-state index in [2.05, 4.69) is 31.2 Å². The second kappa shape index (κ2) is 3.35. The fourth-order valence-electron chi connectivity index (χ4n) is 1.94. The molecule has 0 aromatic heterocycles. The van der Waals surface area contributed by atoms with Crippen molar-refractivity contribution < 1.29 is 5.11 Å². The van der Waals surface area contributed by atoms with Gasteiger partial charge in [-0.05, 0) is 17.0 Å². The van der Waals surface area contributed by atoms with Crippen molar-refractivity contribution in [3.63, 3.8) is 0 Å². The Kier molecular flexibility index (Phi) is 2.19. The molecule has 0 unspecified atom stereocenters. The van der Waals surface area contributed by atoms with Crippen LogP contribution >= 0.6 is 0 Å². The molecule has 1 nitrogen and oxygen atoms in total. The Balaban J connectivity index is 2.47. The van der Waals surface area contributed by atoms with Crippen LogP contribution in [0.5, 0.6) is 0 Å². The van der Waals surface area contributed by atoms with Crippen LogP contribution in [0.4, 0.5) is 0 Å². The summed E-state index contributed by atoms with van der Waals surface area (Å²) in [6, 6.07) is 8.28. The maximum Gasteiger partial charge on any atom is 0.0505 e. The number of aliphatic hydroxyl groups is 1. The summed E-state index contributed by atoms with van der Waals surface area (Å²) in [5.41, 5.74) is 2.53. The average Bonchev–Trinajstić information content (AvgIpc) is 2.18. The third-order valence-electron chi connectivity index (χ3n) is 2.81. The molecule has 0 aliphatic heterocycles. The molecule has 68 valence electrons. The summed E-state index contributed by atoms with van der Waals surface area (Å²) in [5, 5.41) is 9.27. The maximum absolute atomic E-state index is 9.27. The van der Waals surface area contributed by atoms with Crippen LogP contribution in [0.25, 0.3) is 6.08 Å². The molecule has 0 amide bonds. The number of aliphatic hydroxyl groups excluding tert-OH is 1. The second-order valence-electron chi connectivity index (χ2n) is 3.64. The lowest BCUT2D eigenvalue weighted by Crippen LogP contribution is -2.16. The molecule has 0 radical (unpaired) electrons. The molecule has 0 fully saturated rings. The third kappa shape index (κ3) is 1.40. The normalized spacial score (nSPS) is 25.7. The highest BCUT2D eigenvalue weighted by Crippen LogP contribution is 2.32. The fraction of sp³-hybridized carbons (Fsp3) is 0.333. The molecule has 2 atom stereocenters. The minimum Gasteiger partial charge on any atom is -0.396 e. The lowest BCUT2D eigenvalue weighted by Gasteiger charge is -2.25. The highest BCUT2D eigenvalue weighted by atomic mass is 16.3. The Morgan fingerprint density at radius 3 is 2.85 bits per heavy atom. The molecule has 0 bridgehead atoms. The minimum atomic E-state index is 0.239. The van der Waals surface area contributed by atoms with Crippen molar-refractivity contribution in [3.8, 4) is 0 Å². The monoisotopic (exact) mass is 174 g/mol. The van der Waals surface area contributed by atoms with Gasteiger partial charge in [0, 0.05) is 5.92 Å². The van der Waals surface area contributed by atoms with Gasteiger partial charge in [0.25, 0.3) is 0 Å². The first-order chi connectivity index (χ1) is 6.33. The molecule has 0 spiro atoms. The van der Waals surface area contributed by atoms with Crippen molar-refractivity contribution >= 4 is 6.08 Å². The number of benzene rings is 1. The molecule has 13 heavy (non-hydrogen) atoms. The first-order valence-electron chi connectivity index (χ1n) is 4.71. The quantitative estimate of drug-likeness (QED) is 0.693. The van der Waals surface area contributed by atoms with E-state index >= 15 is 0 Å². The number of fused-ring (bicyclic) bond motifs is 1. The molecule has 1 aliphatic rings. The minimum absolute atomic E-state index is 0.239. The zero-order valence-corrected chi connectivity index (χ0v) is 7.77. The molecule has 1 aliphatic carbocycles. The van der Waals surface area contributed by atoms with Crippen molar-refractivity contribution in [3.05, 3.63) is 41.5 Å². The van der Waals surface area contributed by atoms with Crippen LogP contribution in [0.1, 0.15) is 24.0 Å². The molecule has 1 heteroatoms. The molecule has 1 aromatic rings. The van der Waals surface area contributed by atoms with Crippen LogP contribution in [-0.2, 0) is 0 Å². The van der Waals surface area contributed by atoms with Gasteiger partial charge in [-0.15, -0.1) is 0 Å². The van der Waals surface area contributed by atoms with Crippen LogP contribution < -0.4 is 0 Å². The van der Waals surface area contributed by atoms with Crippen molar-refractivity contribution in [1.29, 1.82) is 0 Å². The van der Waals surface area contributed by atoms with Gasteiger partial charge in [0.15, 0.2) is 0 Å². The van der Waals surface area contributed by atoms with Crippen molar-refractivity contribution in [2.45, 2.75) is 12.8 Å². The molecule has 1 aromatic carbocycles. The Morgan fingerprint density at radius 1 is 1.31 bits per heavy atom. The molecule has 0 saturated carbocycles. The first kappa shape index (κ1) is 8.52. The van der Waals surface area contributed by atoms with Gasteiger partial charge in [-0.25, -0.2) is 0 Å². The largest absolute Gasteiger partial charge is 0.396 e. The lowest BCUT2D eigenvalue weighted by atomic mass is 9.81. The predicted molar refractivity (Wildman–Crippen MR) is 54.5 cm³/mol. The zero-order valence-electron chi connectivity index (χ0n) is 7.77. The number of allylic oxidation sites excluding steroid dienone is 1. The Bertz CT molecular complexity index is 328. The Labute approximate surface area is 78.7 Å². The summed E-state index contributed by atoms with van der Waals surface area (Å²) in [5.74, 6) is 0.723. The predicted octanol–water partition coefficient (Wildman–Crippen LogP) is 2.43. The fourth-order valence-corrected chi connectivity index (χ4v) is 1.94. The van der Waals surface area contributed by atoms with Gasteiger partial charge in [0.1, 0.15) is 0 Å². The summed E-state index contributed by atoms with van der Waals surface area (Å²) in [4.78, 5) is 0. The number of hydrogen-bond acceptors (Lipinski definition) is 1. The van der Waals surface area contributed by atoms with Crippen molar-refractivity contribution in [2.75, 3.05) is 6.61 Å². The topological polar surface area (TPSA) is 20.2 Å². The van der Waals surface area contributed by atoms with Crippen molar-refractivity contribution in [1.82, 2.24) is 0 Å². The van der Waals surface area contributed by atoms with Gasteiger partial charge in [-0.3, -0.25) is 0 Å². The van der Waals surface area contributed by atoms with E-state index in [1.54, 1.807) is 0 Å². The van der Waals surface area contributed by atoms with Crippen molar-refractivity contribution in [2.24, 2.45) is 5.92 Å². The molecule has 1 N–H and O–H groups in total. The smallest absolute Gasteiger partial charge is 0.0505 e. The van der Waals surface area contributed by atoms with Crippen LogP contribution in [-0.4, -0.2) is 11.7 Å². The molecule has 0 heterocycles. The number of hydrogen-bond donors (Lipinski definition) is 1. The van der Waals surface area contributed by atoms with Crippen LogP contribution in [0.2, 0.25) is 0 Å².